The number of carboxylic acid groups (broad SMARTS) is 1. The van der Waals surface area contributed by atoms with Crippen molar-refractivity contribution in [3.63, 3.8) is 0 Å². The minimum absolute atomic E-state index is 0.225. The van der Waals surface area contributed by atoms with Crippen molar-refractivity contribution in [2.24, 2.45) is 0 Å². The molecular formula is C21H14N4O2. The van der Waals surface area contributed by atoms with Crippen LogP contribution in [0.2, 0.25) is 0 Å². The number of H-pyrrole nitrogens is 1. The zero-order valence-electron chi connectivity index (χ0n) is 14.1. The Morgan fingerprint density at radius 1 is 1.11 bits per heavy atom. The summed E-state index contributed by atoms with van der Waals surface area (Å²) in [7, 11) is 0. The van der Waals surface area contributed by atoms with E-state index in [9.17, 15) is 10.1 Å². The number of fused-ring (bicyclic) bond motifs is 1. The largest absolute Gasteiger partial charge is 0.478 e. The molecule has 0 bridgehead atoms. The predicted molar refractivity (Wildman–Crippen MR) is 102 cm³/mol. The van der Waals surface area contributed by atoms with E-state index in [1.54, 1.807) is 30.3 Å². The summed E-state index contributed by atoms with van der Waals surface area (Å²) >= 11 is 0. The number of benzene rings is 2. The first-order chi connectivity index (χ1) is 13.2. The third-order valence-electron chi connectivity index (χ3n) is 4.23. The summed E-state index contributed by atoms with van der Waals surface area (Å²) in [6.07, 6.45) is 3.61. The number of rotatable bonds is 4. The number of carbonyl (C=O) groups is 1. The van der Waals surface area contributed by atoms with Gasteiger partial charge in [-0.05, 0) is 54.6 Å². The summed E-state index contributed by atoms with van der Waals surface area (Å²) in [6, 6.07) is 20.1. The van der Waals surface area contributed by atoms with Gasteiger partial charge in [-0.3, -0.25) is 0 Å². The third kappa shape index (κ3) is 3.10. The molecule has 0 fully saturated rings. The summed E-state index contributed by atoms with van der Waals surface area (Å²) in [5.74, 6) is -0.460. The SMILES string of the molecule is N#C/C(=C\c1cccn1-c1ccc(C(=O)O)cc1)c1nc2ccccc2[nH]1. The highest BCUT2D eigenvalue weighted by Crippen LogP contribution is 2.21. The van der Waals surface area contributed by atoms with Crippen molar-refractivity contribution in [1.82, 2.24) is 14.5 Å². The minimum Gasteiger partial charge on any atom is -0.478 e. The van der Waals surface area contributed by atoms with E-state index >= 15 is 0 Å². The second-order valence-corrected chi connectivity index (χ2v) is 5.93. The molecule has 0 saturated carbocycles. The van der Waals surface area contributed by atoms with Crippen molar-refractivity contribution in [3.05, 3.63) is 83.9 Å². The van der Waals surface area contributed by atoms with Crippen molar-refractivity contribution in [1.29, 1.82) is 5.26 Å². The Hall–Kier alpha value is -4.11. The maximum absolute atomic E-state index is 11.0. The van der Waals surface area contributed by atoms with Crippen molar-refractivity contribution < 1.29 is 9.90 Å². The van der Waals surface area contributed by atoms with E-state index in [4.69, 9.17) is 5.11 Å². The molecule has 0 aliphatic heterocycles. The molecule has 27 heavy (non-hydrogen) atoms. The van der Waals surface area contributed by atoms with Crippen LogP contribution in [0.1, 0.15) is 21.9 Å². The van der Waals surface area contributed by atoms with Crippen LogP contribution in [-0.4, -0.2) is 25.6 Å². The van der Waals surface area contributed by atoms with Gasteiger partial charge >= 0.3 is 5.97 Å². The number of nitrogens with one attached hydrogen (secondary N) is 1. The second kappa shape index (κ2) is 6.65. The average molecular weight is 354 g/mol. The monoisotopic (exact) mass is 354 g/mol. The van der Waals surface area contributed by atoms with Gasteiger partial charge in [-0.2, -0.15) is 5.26 Å². The molecule has 0 radical (unpaired) electrons. The molecule has 6 heteroatoms. The van der Waals surface area contributed by atoms with Gasteiger partial charge in [-0.25, -0.2) is 9.78 Å². The fourth-order valence-electron chi connectivity index (χ4n) is 2.89. The molecular weight excluding hydrogens is 340 g/mol. The van der Waals surface area contributed by atoms with Crippen molar-refractivity contribution in [2.75, 3.05) is 0 Å². The van der Waals surface area contributed by atoms with Crippen LogP contribution in [0.25, 0.3) is 28.4 Å². The van der Waals surface area contributed by atoms with Crippen LogP contribution in [0.4, 0.5) is 0 Å². The summed E-state index contributed by atoms with van der Waals surface area (Å²) in [4.78, 5) is 18.7. The molecule has 0 unspecified atom stereocenters. The Morgan fingerprint density at radius 2 is 1.89 bits per heavy atom. The minimum atomic E-state index is -0.967. The molecule has 0 atom stereocenters. The molecule has 130 valence electrons. The molecule has 4 aromatic rings. The first-order valence-corrected chi connectivity index (χ1v) is 8.24. The lowest BCUT2D eigenvalue weighted by Crippen LogP contribution is -1.99. The van der Waals surface area contributed by atoms with Gasteiger partial charge in [0.05, 0.1) is 22.2 Å². The van der Waals surface area contributed by atoms with Gasteiger partial charge in [-0.1, -0.05) is 12.1 Å². The zero-order valence-corrected chi connectivity index (χ0v) is 14.1. The Kier molecular flexibility index (Phi) is 4.03. The highest BCUT2D eigenvalue weighted by Gasteiger charge is 2.10. The van der Waals surface area contributed by atoms with E-state index in [1.165, 1.54) is 0 Å². The van der Waals surface area contributed by atoms with Gasteiger partial charge in [0.25, 0.3) is 0 Å². The van der Waals surface area contributed by atoms with Crippen LogP contribution < -0.4 is 0 Å². The maximum Gasteiger partial charge on any atom is 0.335 e. The summed E-state index contributed by atoms with van der Waals surface area (Å²) in [5.41, 5.74) is 3.89. The quantitative estimate of drug-likeness (QED) is 0.539. The van der Waals surface area contributed by atoms with Gasteiger partial charge in [0, 0.05) is 17.6 Å². The number of aromatic amines is 1. The molecule has 0 saturated heterocycles. The van der Waals surface area contributed by atoms with Crippen LogP contribution in [0.15, 0.2) is 66.9 Å². The summed E-state index contributed by atoms with van der Waals surface area (Å²) in [5, 5.41) is 18.6. The van der Waals surface area contributed by atoms with Crippen LogP contribution in [-0.2, 0) is 0 Å². The lowest BCUT2D eigenvalue weighted by Gasteiger charge is -2.07. The normalized spacial score (nSPS) is 11.4. The highest BCUT2D eigenvalue weighted by molar-refractivity contribution is 5.90. The van der Waals surface area contributed by atoms with Crippen molar-refractivity contribution >= 4 is 28.7 Å². The molecule has 2 heterocycles. The third-order valence-corrected chi connectivity index (χ3v) is 4.23. The molecule has 0 aliphatic carbocycles. The maximum atomic E-state index is 11.0. The topological polar surface area (TPSA) is 94.7 Å². The molecule has 0 spiro atoms. The van der Waals surface area contributed by atoms with Gasteiger partial charge in [0.1, 0.15) is 11.9 Å². The number of aromatic carboxylic acids is 1. The molecule has 0 aliphatic rings. The number of nitriles is 1. The second-order valence-electron chi connectivity index (χ2n) is 5.93. The Bertz CT molecular complexity index is 1170. The molecule has 6 nitrogen and oxygen atoms in total. The average Bonchev–Trinajstić information content (AvgIpc) is 3.32. The molecule has 2 aromatic heterocycles. The molecule has 2 N–H and O–H groups in total. The van der Waals surface area contributed by atoms with E-state index in [1.807, 2.05) is 47.2 Å². The van der Waals surface area contributed by atoms with E-state index in [2.05, 4.69) is 16.0 Å². The Balaban J connectivity index is 1.74. The van der Waals surface area contributed by atoms with Gasteiger partial charge < -0.3 is 14.7 Å². The van der Waals surface area contributed by atoms with E-state index in [0.29, 0.717) is 11.4 Å². The van der Waals surface area contributed by atoms with Crippen LogP contribution >= 0.6 is 0 Å². The first kappa shape index (κ1) is 16.4. The number of hydrogen-bond donors (Lipinski definition) is 2. The molecule has 0 amide bonds. The van der Waals surface area contributed by atoms with Crippen molar-refractivity contribution in [3.8, 4) is 11.8 Å². The number of nitrogens with zero attached hydrogens (tertiary/aromatic N) is 3. The van der Waals surface area contributed by atoms with Gasteiger partial charge in [0.2, 0.25) is 0 Å². The fraction of sp³-hybridized carbons (Fsp3) is 0. The first-order valence-electron chi connectivity index (χ1n) is 8.24. The number of aromatic nitrogens is 3. The number of allylic oxidation sites excluding steroid dienone is 1. The summed E-state index contributed by atoms with van der Waals surface area (Å²) in [6.45, 7) is 0. The fourth-order valence-corrected chi connectivity index (χ4v) is 2.89. The van der Waals surface area contributed by atoms with E-state index < -0.39 is 5.97 Å². The Labute approximate surface area is 154 Å². The smallest absolute Gasteiger partial charge is 0.335 e. The highest BCUT2D eigenvalue weighted by atomic mass is 16.4. The van der Waals surface area contributed by atoms with Crippen LogP contribution in [0.5, 0.6) is 0 Å². The zero-order chi connectivity index (χ0) is 18.8. The number of hydrogen-bond acceptors (Lipinski definition) is 3. The summed E-state index contributed by atoms with van der Waals surface area (Å²) < 4.78 is 1.88. The van der Waals surface area contributed by atoms with E-state index in [-0.39, 0.29) is 5.56 Å². The van der Waals surface area contributed by atoms with E-state index in [0.717, 1.165) is 22.4 Å². The standard InChI is InChI=1S/C21H14N4O2/c22-13-15(20-23-18-5-1-2-6-19(18)24-20)12-17-4-3-11-25(17)16-9-7-14(8-10-16)21(26)27/h1-12H,(H,23,24)(H,26,27)/b15-12+. The Morgan fingerprint density at radius 3 is 2.59 bits per heavy atom. The van der Waals surface area contributed by atoms with Crippen LogP contribution in [0, 0.1) is 11.3 Å². The van der Waals surface area contributed by atoms with Crippen LogP contribution in [0.3, 0.4) is 0 Å². The molecule has 4 rings (SSSR count). The van der Waals surface area contributed by atoms with Gasteiger partial charge in [-0.15, -0.1) is 0 Å². The molecule has 2 aromatic carbocycles. The number of carboxylic acids is 1. The number of imidazole rings is 1. The lowest BCUT2D eigenvalue weighted by molar-refractivity contribution is 0.0697. The lowest BCUT2D eigenvalue weighted by atomic mass is 10.2. The van der Waals surface area contributed by atoms with Gasteiger partial charge in [0.15, 0.2) is 0 Å². The predicted octanol–water partition coefficient (Wildman–Crippen LogP) is 4.12. The number of para-hydroxylation sites is 2. The van der Waals surface area contributed by atoms with Crippen molar-refractivity contribution in [2.45, 2.75) is 0 Å².